The van der Waals surface area contributed by atoms with Gasteiger partial charge in [-0.05, 0) is 49.7 Å². The zero-order valence-corrected chi connectivity index (χ0v) is 19.0. The molecule has 0 radical (unpaired) electrons. The first-order valence-corrected chi connectivity index (χ1v) is 11.0. The number of nitrogens with zero attached hydrogens (tertiary/aromatic N) is 2. The molecule has 0 fully saturated rings. The van der Waals surface area contributed by atoms with Gasteiger partial charge in [-0.15, -0.1) is 0 Å². The quantitative estimate of drug-likeness (QED) is 0.482. The van der Waals surface area contributed by atoms with Crippen LogP contribution in [0.5, 0.6) is 11.5 Å². The van der Waals surface area contributed by atoms with Crippen LogP contribution in [0.2, 0.25) is 10.0 Å². The van der Waals surface area contributed by atoms with Gasteiger partial charge in [0.25, 0.3) is 5.91 Å². The minimum atomic E-state index is -0.298. The summed E-state index contributed by atoms with van der Waals surface area (Å²) in [5.74, 6) is 1.68. The van der Waals surface area contributed by atoms with Gasteiger partial charge in [0.1, 0.15) is 13.2 Å². The molecule has 1 aliphatic rings. The van der Waals surface area contributed by atoms with Crippen molar-refractivity contribution in [2.24, 2.45) is 0 Å². The van der Waals surface area contributed by atoms with Crippen molar-refractivity contribution < 1.29 is 14.3 Å². The van der Waals surface area contributed by atoms with Gasteiger partial charge < -0.3 is 20.1 Å². The Kier molecular flexibility index (Phi) is 6.97. The van der Waals surface area contributed by atoms with Crippen LogP contribution >= 0.6 is 23.2 Å². The second-order valence-corrected chi connectivity index (χ2v) is 8.02. The molecule has 1 aromatic heterocycles. The van der Waals surface area contributed by atoms with Crippen molar-refractivity contribution in [1.82, 2.24) is 15.3 Å². The third-order valence-electron chi connectivity index (χ3n) is 4.80. The highest BCUT2D eigenvalue weighted by Gasteiger charge is 2.15. The monoisotopic (exact) mass is 472 g/mol. The fourth-order valence-electron chi connectivity index (χ4n) is 3.29. The number of aromatic nitrogens is 2. The average Bonchev–Trinajstić information content (AvgIpc) is 2.78. The lowest BCUT2D eigenvalue weighted by atomic mass is 10.1. The molecule has 7 nitrogen and oxygen atoms in total. The molecule has 1 aliphatic heterocycles. The molecule has 4 rings (SSSR count). The third kappa shape index (κ3) is 5.23. The SMILES string of the molecule is Cc1cc(-c2ccc3c(c2)OCCO3)nc(NCCCNC(=O)c2c(Cl)cccc2Cl)n1. The summed E-state index contributed by atoms with van der Waals surface area (Å²) >= 11 is 12.1. The number of fused-ring (bicyclic) bond motifs is 1. The Morgan fingerprint density at radius 3 is 2.53 bits per heavy atom. The van der Waals surface area contributed by atoms with E-state index in [9.17, 15) is 4.79 Å². The molecule has 2 heterocycles. The normalized spacial score (nSPS) is 12.3. The molecule has 0 unspecified atom stereocenters. The lowest BCUT2D eigenvalue weighted by Crippen LogP contribution is -2.26. The summed E-state index contributed by atoms with van der Waals surface area (Å²) in [5.41, 5.74) is 2.84. The molecule has 9 heteroatoms. The van der Waals surface area contributed by atoms with Gasteiger partial charge in [0.05, 0.1) is 21.3 Å². The van der Waals surface area contributed by atoms with Crippen molar-refractivity contribution in [3.63, 3.8) is 0 Å². The molecule has 0 bridgehead atoms. The van der Waals surface area contributed by atoms with Crippen molar-refractivity contribution in [2.75, 3.05) is 31.6 Å². The number of nitrogens with one attached hydrogen (secondary N) is 2. The maximum atomic E-state index is 12.3. The maximum Gasteiger partial charge on any atom is 0.254 e. The van der Waals surface area contributed by atoms with Crippen LogP contribution in [-0.4, -0.2) is 42.2 Å². The Bertz CT molecular complexity index is 1120. The molecule has 166 valence electrons. The zero-order chi connectivity index (χ0) is 22.5. The first-order chi connectivity index (χ1) is 15.5. The number of carbonyl (C=O) groups excluding carboxylic acids is 1. The topological polar surface area (TPSA) is 85.4 Å². The average molecular weight is 473 g/mol. The number of rotatable bonds is 7. The second-order valence-electron chi connectivity index (χ2n) is 7.21. The summed E-state index contributed by atoms with van der Waals surface area (Å²) in [6, 6.07) is 12.7. The van der Waals surface area contributed by atoms with E-state index in [1.165, 1.54) is 0 Å². The number of carbonyl (C=O) groups is 1. The van der Waals surface area contributed by atoms with Crippen LogP contribution in [0, 0.1) is 6.92 Å². The highest BCUT2D eigenvalue weighted by molar-refractivity contribution is 6.39. The zero-order valence-electron chi connectivity index (χ0n) is 17.5. The number of hydrogen-bond donors (Lipinski definition) is 2. The standard InChI is InChI=1S/C23H22Cl2N4O3/c1-14-12-18(15-6-7-19-20(13-15)32-11-10-31-19)29-23(28-14)27-9-3-8-26-22(30)21-16(24)4-2-5-17(21)25/h2,4-7,12-13H,3,8-11H2,1H3,(H,26,30)(H,27,28,29). The molecule has 0 atom stereocenters. The van der Waals surface area contributed by atoms with Gasteiger partial charge >= 0.3 is 0 Å². The lowest BCUT2D eigenvalue weighted by Gasteiger charge is -2.19. The predicted molar refractivity (Wildman–Crippen MR) is 125 cm³/mol. The van der Waals surface area contributed by atoms with Crippen molar-refractivity contribution in [3.05, 3.63) is 63.8 Å². The minimum absolute atomic E-state index is 0.287. The van der Waals surface area contributed by atoms with E-state index < -0.39 is 0 Å². The molecule has 1 amide bonds. The molecule has 0 saturated heterocycles. The summed E-state index contributed by atoms with van der Waals surface area (Å²) < 4.78 is 11.3. The highest BCUT2D eigenvalue weighted by atomic mass is 35.5. The number of amides is 1. The molecule has 32 heavy (non-hydrogen) atoms. The molecule has 0 saturated carbocycles. The second kappa shape index (κ2) is 10.1. The predicted octanol–water partition coefficient (Wildman–Crippen LogP) is 4.76. The van der Waals surface area contributed by atoms with Crippen LogP contribution in [-0.2, 0) is 0 Å². The van der Waals surface area contributed by atoms with Gasteiger partial charge in [-0.2, -0.15) is 0 Å². The summed E-state index contributed by atoms with van der Waals surface area (Å²) in [7, 11) is 0. The summed E-state index contributed by atoms with van der Waals surface area (Å²) in [4.78, 5) is 21.4. The van der Waals surface area contributed by atoms with Crippen LogP contribution in [0.4, 0.5) is 5.95 Å². The number of aryl methyl sites for hydroxylation is 1. The minimum Gasteiger partial charge on any atom is -0.486 e. The highest BCUT2D eigenvalue weighted by Crippen LogP contribution is 2.34. The Morgan fingerprint density at radius 2 is 1.75 bits per heavy atom. The fourth-order valence-corrected chi connectivity index (χ4v) is 3.86. The largest absolute Gasteiger partial charge is 0.486 e. The molecule has 2 aromatic carbocycles. The number of ether oxygens (including phenoxy) is 2. The molecule has 2 N–H and O–H groups in total. The van der Waals surface area contributed by atoms with Crippen LogP contribution < -0.4 is 20.1 Å². The van der Waals surface area contributed by atoms with E-state index in [2.05, 4.69) is 20.6 Å². The Morgan fingerprint density at radius 1 is 1.00 bits per heavy atom. The molecule has 0 spiro atoms. The molecular weight excluding hydrogens is 451 g/mol. The molecule has 0 aliphatic carbocycles. The van der Waals surface area contributed by atoms with E-state index in [-0.39, 0.29) is 11.5 Å². The van der Waals surface area contributed by atoms with E-state index >= 15 is 0 Å². The van der Waals surface area contributed by atoms with Crippen molar-refractivity contribution in [1.29, 1.82) is 0 Å². The van der Waals surface area contributed by atoms with Gasteiger partial charge in [-0.1, -0.05) is 29.3 Å². The van der Waals surface area contributed by atoms with E-state index in [1.54, 1.807) is 18.2 Å². The van der Waals surface area contributed by atoms with E-state index in [0.717, 1.165) is 22.7 Å². The van der Waals surface area contributed by atoms with Gasteiger partial charge in [-0.3, -0.25) is 4.79 Å². The van der Waals surface area contributed by atoms with Crippen LogP contribution in [0.3, 0.4) is 0 Å². The molecular formula is C23H22Cl2N4O3. The first-order valence-electron chi connectivity index (χ1n) is 10.2. The Balaban J connectivity index is 1.33. The smallest absolute Gasteiger partial charge is 0.254 e. The number of hydrogen-bond acceptors (Lipinski definition) is 6. The van der Waals surface area contributed by atoms with Crippen molar-refractivity contribution in [2.45, 2.75) is 13.3 Å². The van der Waals surface area contributed by atoms with Crippen LogP contribution in [0.1, 0.15) is 22.5 Å². The van der Waals surface area contributed by atoms with Gasteiger partial charge in [0.15, 0.2) is 11.5 Å². The van der Waals surface area contributed by atoms with Gasteiger partial charge in [0.2, 0.25) is 5.95 Å². The number of benzene rings is 2. The third-order valence-corrected chi connectivity index (χ3v) is 5.43. The Hall–Kier alpha value is -3.03. The van der Waals surface area contributed by atoms with E-state index in [1.807, 2.05) is 31.2 Å². The van der Waals surface area contributed by atoms with Gasteiger partial charge in [0, 0.05) is 24.3 Å². The molecule has 3 aromatic rings. The first kappa shape index (κ1) is 22.2. The van der Waals surface area contributed by atoms with Crippen LogP contribution in [0.15, 0.2) is 42.5 Å². The summed E-state index contributed by atoms with van der Waals surface area (Å²) in [6.45, 7) is 4.04. The number of halogens is 2. The summed E-state index contributed by atoms with van der Waals surface area (Å²) in [6.07, 6.45) is 0.671. The number of anilines is 1. The van der Waals surface area contributed by atoms with Crippen molar-refractivity contribution in [3.8, 4) is 22.8 Å². The maximum absolute atomic E-state index is 12.3. The van der Waals surface area contributed by atoms with Gasteiger partial charge in [-0.25, -0.2) is 9.97 Å². The fraction of sp³-hybridized carbons (Fsp3) is 0.261. The van der Waals surface area contributed by atoms with E-state index in [4.69, 9.17) is 32.7 Å². The summed E-state index contributed by atoms with van der Waals surface area (Å²) in [5, 5.41) is 6.70. The lowest BCUT2D eigenvalue weighted by molar-refractivity contribution is 0.0954. The van der Waals surface area contributed by atoms with Crippen LogP contribution in [0.25, 0.3) is 11.3 Å². The van der Waals surface area contributed by atoms with E-state index in [0.29, 0.717) is 54.5 Å². The van der Waals surface area contributed by atoms with Crippen molar-refractivity contribution >= 4 is 35.1 Å². The Labute approximate surface area is 196 Å².